The molecule has 5 unspecified atom stereocenters. The lowest BCUT2D eigenvalue weighted by Gasteiger charge is -2.51. The van der Waals surface area contributed by atoms with E-state index in [2.05, 4.69) is 56.3 Å². The number of hydrogen-bond donors (Lipinski definition) is 1. The summed E-state index contributed by atoms with van der Waals surface area (Å²) in [6, 6.07) is 42.8. The van der Waals surface area contributed by atoms with Crippen LogP contribution in [0.1, 0.15) is 45.9 Å². The molecule has 1 N–H and O–H groups in total. The van der Waals surface area contributed by atoms with E-state index in [1.165, 1.54) is 0 Å². The molecule has 0 saturated carbocycles. The topological polar surface area (TPSA) is 75.6 Å². The van der Waals surface area contributed by atoms with Gasteiger partial charge in [-0.3, -0.25) is 0 Å². The van der Waals surface area contributed by atoms with Crippen molar-refractivity contribution in [3.8, 4) is 11.5 Å². The lowest BCUT2D eigenvalue weighted by molar-refractivity contribution is -0.306. The van der Waals surface area contributed by atoms with Crippen LogP contribution in [0.3, 0.4) is 0 Å². The smallest absolute Gasteiger partial charge is 0.161 e. The number of aliphatic hydroxyl groups excluding tert-OH is 1. The first-order valence-electron chi connectivity index (χ1n) is 17.7. The molecule has 0 spiro atoms. The van der Waals surface area contributed by atoms with Crippen molar-refractivity contribution in [3.05, 3.63) is 166 Å². The van der Waals surface area contributed by atoms with Crippen LogP contribution in [0.5, 0.6) is 11.5 Å². The second-order valence-electron chi connectivity index (χ2n) is 13.5. The minimum atomic E-state index is -1.01. The molecule has 2 aliphatic rings. The summed E-state index contributed by atoms with van der Waals surface area (Å²) in [5.74, 6) is 1.55. The van der Waals surface area contributed by atoms with Gasteiger partial charge in [-0.05, 0) is 71.3 Å². The van der Waals surface area contributed by atoms with E-state index in [4.69, 9.17) is 28.4 Å². The van der Waals surface area contributed by atoms with Gasteiger partial charge in [0.25, 0.3) is 0 Å². The quantitative estimate of drug-likeness (QED) is 0.136. The highest BCUT2D eigenvalue weighted by molar-refractivity contribution is 5.46. The summed E-state index contributed by atoms with van der Waals surface area (Å²) in [5.41, 5.74) is 6.46. The number of fused-ring (bicyclic) bond motifs is 1. The van der Waals surface area contributed by atoms with Crippen molar-refractivity contribution in [2.75, 3.05) is 19.8 Å². The summed E-state index contributed by atoms with van der Waals surface area (Å²) in [7, 11) is 0. The van der Waals surface area contributed by atoms with Crippen molar-refractivity contribution in [1.82, 2.24) is 0 Å². The third-order valence-electron chi connectivity index (χ3n) is 9.87. The van der Waals surface area contributed by atoms with Gasteiger partial charge in [0.1, 0.15) is 43.2 Å². The monoisotopic (exact) mass is 686 g/mol. The standard InChI is InChI=1S/C44H46O7/c1-31-18-20-37(26-36(31)24-35-19-21-38-39(25-35)47-23-22-46-38)44(2)43(50-30-34-16-10-5-11-17-34)42(49-29-33-14-8-4-9-15-33)41(40(27-45)51-44)48-28-32-12-6-3-7-13-32/h3-21,25-26,40-43,45H,22-24,27-30H2,1-2H3. The minimum Gasteiger partial charge on any atom is -0.486 e. The zero-order valence-electron chi connectivity index (χ0n) is 29.3. The van der Waals surface area contributed by atoms with Gasteiger partial charge < -0.3 is 33.5 Å². The Kier molecular flexibility index (Phi) is 11.1. The van der Waals surface area contributed by atoms with Crippen molar-refractivity contribution in [1.29, 1.82) is 0 Å². The van der Waals surface area contributed by atoms with Crippen LogP contribution in [0.2, 0.25) is 0 Å². The summed E-state index contributed by atoms with van der Waals surface area (Å²) in [6.07, 6.45) is -1.79. The molecule has 7 nitrogen and oxygen atoms in total. The van der Waals surface area contributed by atoms with Crippen molar-refractivity contribution in [2.24, 2.45) is 0 Å². The van der Waals surface area contributed by atoms with E-state index in [-0.39, 0.29) is 6.61 Å². The fourth-order valence-electron chi connectivity index (χ4n) is 7.04. The number of aliphatic hydroxyl groups is 1. The predicted molar refractivity (Wildman–Crippen MR) is 196 cm³/mol. The lowest BCUT2D eigenvalue weighted by atomic mass is 9.79. The summed E-state index contributed by atoms with van der Waals surface area (Å²) < 4.78 is 39.1. The van der Waals surface area contributed by atoms with Crippen LogP contribution < -0.4 is 9.47 Å². The van der Waals surface area contributed by atoms with Crippen LogP contribution in [0.4, 0.5) is 0 Å². The van der Waals surface area contributed by atoms with E-state index >= 15 is 0 Å². The Labute approximate surface area is 300 Å². The van der Waals surface area contributed by atoms with Crippen LogP contribution in [0.15, 0.2) is 127 Å². The molecule has 5 aromatic rings. The van der Waals surface area contributed by atoms with Gasteiger partial charge in [-0.2, -0.15) is 0 Å². The van der Waals surface area contributed by atoms with Gasteiger partial charge in [0, 0.05) is 0 Å². The molecule has 0 radical (unpaired) electrons. The zero-order chi connectivity index (χ0) is 35.0. The molecule has 1 saturated heterocycles. The fourth-order valence-corrected chi connectivity index (χ4v) is 7.04. The number of benzene rings is 5. The van der Waals surface area contributed by atoms with E-state index in [0.29, 0.717) is 39.5 Å². The number of rotatable bonds is 13. The number of aryl methyl sites for hydroxylation is 1. The highest BCUT2D eigenvalue weighted by atomic mass is 16.6. The van der Waals surface area contributed by atoms with Crippen LogP contribution in [-0.2, 0) is 50.8 Å². The largest absolute Gasteiger partial charge is 0.486 e. The average molecular weight is 687 g/mol. The molecule has 0 amide bonds. The van der Waals surface area contributed by atoms with Gasteiger partial charge in [0.15, 0.2) is 11.5 Å². The van der Waals surface area contributed by atoms with E-state index in [9.17, 15) is 5.11 Å². The Hall–Kier alpha value is -4.50. The predicted octanol–water partition coefficient (Wildman–Crippen LogP) is 7.72. The second-order valence-corrected chi connectivity index (χ2v) is 13.5. The third-order valence-corrected chi connectivity index (χ3v) is 9.87. The molecule has 7 heteroatoms. The van der Waals surface area contributed by atoms with E-state index in [1.54, 1.807) is 0 Å². The average Bonchev–Trinajstić information content (AvgIpc) is 3.18. The van der Waals surface area contributed by atoms with Gasteiger partial charge in [-0.25, -0.2) is 0 Å². The first kappa shape index (κ1) is 34.9. The maximum Gasteiger partial charge on any atom is 0.161 e. The molecule has 2 aliphatic heterocycles. The molecule has 0 aliphatic carbocycles. The molecule has 51 heavy (non-hydrogen) atoms. The van der Waals surface area contributed by atoms with E-state index in [0.717, 1.165) is 50.4 Å². The Morgan fingerprint density at radius 2 is 1.20 bits per heavy atom. The second kappa shape index (κ2) is 16.2. The summed E-state index contributed by atoms with van der Waals surface area (Å²) in [5, 5.41) is 10.9. The van der Waals surface area contributed by atoms with Crippen LogP contribution in [0.25, 0.3) is 0 Å². The summed E-state index contributed by atoms with van der Waals surface area (Å²) >= 11 is 0. The molecule has 5 atom stereocenters. The van der Waals surface area contributed by atoms with E-state index < -0.39 is 30.0 Å². The van der Waals surface area contributed by atoms with Crippen molar-refractivity contribution in [2.45, 2.75) is 70.1 Å². The van der Waals surface area contributed by atoms with Gasteiger partial charge in [0.2, 0.25) is 0 Å². The van der Waals surface area contributed by atoms with Crippen LogP contribution >= 0.6 is 0 Å². The Balaban J connectivity index is 1.26. The third kappa shape index (κ3) is 8.19. The Bertz CT molecular complexity index is 1850. The molecular weight excluding hydrogens is 640 g/mol. The summed E-state index contributed by atoms with van der Waals surface area (Å²) in [6.45, 7) is 6.06. The first-order chi connectivity index (χ1) is 25.0. The highest BCUT2D eigenvalue weighted by Gasteiger charge is 2.55. The molecule has 5 aromatic carbocycles. The zero-order valence-corrected chi connectivity index (χ0v) is 29.3. The molecule has 1 fully saturated rings. The normalized spacial score (nSPS) is 22.8. The van der Waals surface area contributed by atoms with Crippen LogP contribution in [0, 0.1) is 6.92 Å². The molecule has 0 bridgehead atoms. The van der Waals surface area contributed by atoms with E-state index in [1.807, 2.05) is 84.9 Å². The Morgan fingerprint density at radius 3 is 1.80 bits per heavy atom. The first-order valence-corrected chi connectivity index (χ1v) is 17.7. The molecular formula is C44H46O7. The summed E-state index contributed by atoms with van der Waals surface area (Å²) in [4.78, 5) is 0. The minimum absolute atomic E-state index is 0.248. The highest BCUT2D eigenvalue weighted by Crippen LogP contribution is 2.43. The molecule has 0 aromatic heterocycles. The van der Waals surface area contributed by atoms with Crippen LogP contribution in [-0.4, -0.2) is 49.3 Å². The van der Waals surface area contributed by atoms with Crippen molar-refractivity contribution >= 4 is 0 Å². The Morgan fingerprint density at radius 1 is 0.627 bits per heavy atom. The molecule has 2 heterocycles. The molecule has 7 rings (SSSR count). The number of hydrogen-bond acceptors (Lipinski definition) is 7. The lowest BCUT2D eigenvalue weighted by Crippen LogP contribution is -2.64. The maximum atomic E-state index is 10.9. The maximum absolute atomic E-state index is 10.9. The van der Waals surface area contributed by atoms with Gasteiger partial charge in [-0.15, -0.1) is 0 Å². The SMILES string of the molecule is Cc1ccc(C2(C)OC(CO)C(OCc3ccccc3)C(OCc3ccccc3)C2OCc2ccccc2)cc1Cc1ccc2c(c1)OCCO2. The van der Waals surface area contributed by atoms with Crippen molar-refractivity contribution in [3.63, 3.8) is 0 Å². The van der Waals surface area contributed by atoms with Gasteiger partial charge >= 0.3 is 0 Å². The fraction of sp³-hybridized carbons (Fsp3) is 0.318. The van der Waals surface area contributed by atoms with Crippen molar-refractivity contribution < 1.29 is 33.5 Å². The van der Waals surface area contributed by atoms with Gasteiger partial charge in [0.05, 0.1) is 26.4 Å². The van der Waals surface area contributed by atoms with Gasteiger partial charge in [-0.1, -0.05) is 115 Å². The molecule has 264 valence electrons. The number of ether oxygens (including phenoxy) is 6.